The van der Waals surface area contributed by atoms with Gasteiger partial charge in [-0.25, -0.2) is 14.3 Å². The lowest BCUT2D eigenvalue weighted by Crippen LogP contribution is -2.39. The molecule has 0 saturated heterocycles. The van der Waals surface area contributed by atoms with Crippen LogP contribution in [-0.4, -0.2) is 25.8 Å². The second-order valence-corrected chi connectivity index (χ2v) is 7.73. The largest absolute Gasteiger partial charge is 0.495 e. The van der Waals surface area contributed by atoms with E-state index in [1.165, 1.54) is 9.13 Å². The summed E-state index contributed by atoms with van der Waals surface area (Å²) in [7, 11) is 1.56. The lowest BCUT2D eigenvalue weighted by atomic mass is 10.1. The van der Waals surface area contributed by atoms with Gasteiger partial charge in [-0.05, 0) is 37.5 Å². The van der Waals surface area contributed by atoms with Crippen LogP contribution >= 0.6 is 0 Å². The van der Waals surface area contributed by atoms with Crippen molar-refractivity contribution in [3.8, 4) is 11.4 Å². The molecule has 5 rings (SSSR count). The van der Waals surface area contributed by atoms with Crippen LogP contribution in [0.1, 0.15) is 30.0 Å². The molecule has 0 radical (unpaired) electrons. The lowest BCUT2D eigenvalue weighted by molar-refractivity contribution is 0.412. The summed E-state index contributed by atoms with van der Waals surface area (Å²) < 4.78 is 10.2. The molecule has 2 aromatic heterocycles. The zero-order valence-electron chi connectivity index (χ0n) is 16.9. The maximum atomic E-state index is 13.4. The lowest BCUT2D eigenvalue weighted by Gasteiger charge is -2.14. The Morgan fingerprint density at radius 1 is 1.10 bits per heavy atom. The Balaban J connectivity index is 1.80. The number of hydrogen-bond donors (Lipinski definition) is 0. The number of para-hydroxylation sites is 2. The maximum Gasteiger partial charge on any atom is 0.337 e. The molecule has 1 aliphatic rings. The second kappa shape index (κ2) is 7.02. The van der Waals surface area contributed by atoms with E-state index < -0.39 is 0 Å². The van der Waals surface area contributed by atoms with Crippen LogP contribution < -0.4 is 16.0 Å². The molecule has 2 aromatic carbocycles. The van der Waals surface area contributed by atoms with Crippen LogP contribution in [0.2, 0.25) is 0 Å². The van der Waals surface area contributed by atoms with Crippen LogP contribution in [-0.2, 0) is 6.54 Å². The van der Waals surface area contributed by atoms with Gasteiger partial charge in [0.15, 0.2) is 11.2 Å². The monoisotopic (exact) mass is 402 g/mol. The predicted octanol–water partition coefficient (Wildman–Crippen LogP) is 3.05. The van der Waals surface area contributed by atoms with E-state index >= 15 is 0 Å². The van der Waals surface area contributed by atoms with E-state index in [1.54, 1.807) is 25.6 Å². The molecule has 7 nitrogen and oxygen atoms in total. The van der Waals surface area contributed by atoms with Gasteiger partial charge in [0.2, 0.25) is 0 Å². The molecule has 0 amide bonds. The molecule has 1 aliphatic carbocycles. The van der Waals surface area contributed by atoms with Crippen molar-refractivity contribution in [2.75, 3.05) is 7.11 Å². The standard InChI is InChI=1S/C23H22N4O3/c1-15-6-5-7-16(12-15)13-25-14-24-21-20(25)22(28)26(17-10-11-17)23(29)27(21)18-8-3-4-9-19(18)30-2/h3-9,12,14,17H,10-11,13H2,1-2H3. The summed E-state index contributed by atoms with van der Waals surface area (Å²) >= 11 is 0. The number of fused-ring (bicyclic) bond motifs is 1. The average molecular weight is 402 g/mol. The summed E-state index contributed by atoms with van der Waals surface area (Å²) in [5.41, 5.74) is 2.91. The van der Waals surface area contributed by atoms with Crippen molar-refractivity contribution in [1.82, 2.24) is 18.7 Å². The van der Waals surface area contributed by atoms with Crippen LogP contribution in [0.5, 0.6) is 5.75 Å². The molecule has 0 atom stereocenters. The minimum atomic E-state index is -0.375. The highest BCUT2D eigenvalue weighted by Crippen LogP contribution is 2.33. The Kier molecular flexibility index (Phi) is 4.31. The molecule has 2 heterocycles. The number of imidazole rings is 1. The first kappa shape index (κ1) is 18.4. The molecule has 152 valence electrons. The van der Waals surface area contributed by atoms with Crippen LogP contribution in [0, 0.1) is 6.92 Å². The summed E-state index contributed by atoms with van der Waals surface area (Å²) in [6, 6.07) is 15.4. The summed E-state index contributed by atoms with van der Waals surface area (Å²) in [5.74, 6) is 0.551. The van der Waals surface area contributed by atoms with E-state index in [0.29, 0.717) is 29.1 Å². The number of aryl methyl sites for hydroxylation is 1. The highest BCUT2D eigenvalue weighted by atomic mass is 16.5. The van der Waals surface area contributed by atoms with Gasteiger partial charge in [0, 0.05) is 12.6 Å². The van der Waals surface area contributed by atoms with Gasteiger partial charge in [-0.1, -0.05) is 42.0 Å². The molecular weight excluding hydrogens is 380 g/mol. The van der Waals surface area contributed by atoms with Crippen molar-refractivity contribution in [3.63, 3.8) is 0 Å². The van der Waals surface area contributed by atoms with Crippen molar-refractivity contribution < 1.29 is 4.74 Å². The van der Waals surface area contributed by atoms with E-state index in [-0.39, 0.29) is 17.3 Å². The molecule has 0 bridgehead atoms. The molecule has 0 aliphatic heterocycles. The maximum absolute atomic E-state index is 13.4. The van der Waals surface area contributed by atoms with Gasteiger partial charge in [0.1, 0.15) is 5.75 Å². The van der Waals surface area contributed by atoms with E-state index in [2.05, 4.69) is 11.1 Å². The quantitative estimate of drug-likeness (QED) is 0.514. The minimum absolute atomic E-state index is 0.0577. The first-order chi connectivity index (χ1) is 14.6. The Morgan fingerprint density at radius 3 is 2.63 bits per heavy atom. The van der Waals surface area contributed by atoms with Crippen molar-refractivity contribution in [1.29, 1.82) is 0 Å². The van der Waals surface area contributed by atoms with Crippen molar-refractivity contribution in [3.05, 3.63) is 86.8 Å². The molecular formula is C23H22N4O3. The molecule has 0 N–H and O–H groups in total. The first-order valence-corrected chi connectivity index (χ1v) is 10.00. The van der Waals surface area contributed by atoms with Gasteiger partial charge in [-0.15, -0.1) is 0 Å². The molecule has 7 heteroatoms. The summed E-state index contributed by atoms with van der Waals surface area (Å²) in [4.78, 5) is 31.2. The van der Waals surface area contributed by atoms with Gasteiger partial charge >= 0.3 is 5.69 Å². The topological polar surface area (TPSA) is 71.1 Å². The highest BCUT2D eigenvalue weighted by Gasteiger charge is 2.31. The highest BCUT2D eigenvalue weighted by molar-refractivity contribution is 5.73. The van der Waals surface area contributed by atoms with Gasteiger partial charge < -0.3 is 9.30 Å². The number of aromatic nitrogens is 4. The van der Waals surface area contributed by atoms with Crippen LogP contribution in [0.25, 0.3) is 16.9 Å². The van der Waals surface area contributed by atoms with Gasteiger partial charge in [0.05, 0.1) is 19.1 Å². The molecule has 4 aromatic rings. The van der Waals surface area contributed by atoms with Crippen LogP contribution in [0.4, 0.5) is 0 Å². The summed E-state index contributed by atoms with van der Waals surface area (Å²) in [6.07, 6.45) is 3.30. The fourth-order valence-electron chi connectivity index (χ4n) is 3.97. The third kappa shape index (κ3) is 2.94. The Bertz CT molecular complexity index is 1380. The zero-order valence-corrected chi connectivity index (χ0v) is 16.9. The van der Waals surface area contributed by atoms with Crippen LogP contribution in [0.15, 0.2) is 64.4 Å². The Morgan fingerprint density at radius 2 is 1.90 bits per heavy atom. The molecule has 1 saturated carbocycles. The third-order valence-electron chi connectivity index (χ3n) is 5.52. The number of nitrogens with zero attached hydrogens (tertiary/aromatic N) is 4. The van der Waals surface area contributed by atoms with Crippen LogP contribution in [0.3, 0.4) is 0 Å². The van der Waals surface area contributed by atoms with Gasteiger partial charge in [0.25, 0.3) is 5.56 Å². The zero-order chi connectivity index (χ0) is 20.8. The van der Waals surface area contributed by atoms with Crippen molar-refractivity contribution >= 4 is 11.2 Å². The smallest absolute Gasteiger partial charge is 0.337 e. The Hall–Kier alpha value is -3.61. The minimum Gasteiger partial charge on any atom is -0.495 e. The van der Waals surface area contributed by atoms with Crippen molar-refractivity contribution in [2.24, 2.45) is 0 Å². The molecule has 30 heavy (non-hydrogen) atoms. The van der Waals surface area contributed by atoms with E-state index in [9.17, 15) is 9.59 Å². The van der Waals surface area contributed by atoms with E-state index in [0.717, 1.165) is 24.0 Å². The summed E-state index contributed by atoms with van der Waals surface area (Å²) in [5, 5.41) is 0. The predicted molar refractivity (Wildman–Crippen MR) is 115 cm³/mol. The number of ether oxygens (including phenoxy) is 1. The Labute approximate surface area is 172 Å². The average Bonchev–Trinajstić information content (AvgIpc) is 3.49. The molecule has 1 fully saturated rings. The summed E-state index contributed by atoms with van der Waals surface area (Å²) in [6.45, 7) is 2.54. The SMILES string of the molecule is COc1ccccc1-n1c(=O)n(C2CC2)c(=O)c2c1ncn2Cc1cccc(C)c1. The second-order valence-electron chi connectivity index (χ2n) is 7.73. The van der Waals surface area contributed by atoms with E-state index in [1.807, 2.05) is 41.8 Å². The van der Waals surface area contributed by atoms with E-state index in [4.69, 9.17) is 4.74 Å². The number of benzene rings is 2. The molecule has 0 spiro atoms. The third-order valence-corrected chi connectivity index (χ3v) is 5.52. The number of methoxy groups -OCH3 is 1. The van der Waals surface area contributed by atoms with Crippen molar-refractivity contribution in [2.45, 2.75) is 32.4 Å². The van der Waals surface area contributed by atoms with Gasteiger partial charge in [-0.2, -0.15) is 0 Å². The first-order valence-electron chi connectivity index (χ1n) is 10.00. The molecule has 0 unspecified atom stereocenters. The number of rotatable bonds is 5. The van der Waals surface area contributed by atoms with Gasteiger partial charge in [-0.3, -0.25) is 9.36 Å². The number of hydrogen-bond acceptors (Lipinski definition) is 4. The fourth-order valence-corrected chi connectivity index (χ4v) is 3.97. The fraction of sp³-hybridized carbons (Fsp3) is 0.261. The normalized spacial score (nSPS) is 13.7.